The first-order chi connectivity index (χ1) is 15.7. The van der Waals surface area contributed by atoms with Crippen LogP contribution in [-0.4, -0.2) is 41.9 Å². The fourth-order valence-electron chi connectivity index (χ4n) is 3.81. The van der Waals surface area contributed by atoms with Crippen LogP contribution in [0.4, 0.5) is 17.6 Å². The number of hydrogen-bond acceptors (Lipinski definition) is 4. The van der Waals surface area contributed by atoms with E-state index in [4.69, 9.17) is 0 Å². The summed E-state index contributed by atoms with van der Waals surface area (Å²) >= 11 is 0. The second-order valence-corrected chi connectivity index (χ2v) is 7.59. The van der Waals surface area contributed by atoms with Crippen LogP contribution in [0.2, 0.25) is 0 Å². The average molecular weight is 460 g/mol. The number of carbonyl (C=O) groups is 1. The molecule has 1 unspecified atom stereocenters. The summed E-state index contributed by atoms with van der Waals surface area (Å²) in [5, 5.41) is 12.7. The molecule has 1 saturated heterocycles. The number of halogens is 4. The van der Waals surface area contributed by atoms with Gasteiger partial charge in [0.1, 0.15) is 17.3 Å². The Morgan fingerprint density at radius 3 is 2.48 bits per heavy atom. The van der Waals surface area contributed by atoms with Crippen LogP contribution < -0.4 is 10.1 Å². The minimum Gasteiger partial charge on any atom is -0.508 e. The van der Waals surface area contributed by atoms with Crippen molar-refractivity contribution in [2.45, 2.75) is 12.4 Å². The van der Waals surface area contributed by atoms with Crippen LogP contribution >= 0.6 is 0 Å². The van der Waals surface area contributed by atoms with E-state index in [1.54, 1.807) is 24.3 Å². The Labute approximate surface area is 187 Å². The molecule has 0 aliphatic carbocycles. The van der Waals surface area contributed by atoms with Crippen molar-refractivity contribution in [2.75, 3.05) is 19.6 Å². The summed E-state index contributed by atoms with van der Waals surface area (Å²) in [5.74, 6) is -1.67. The highest BCUT2D eigenvalue weighted by molar-refractivity contribution is 5.95. The number of nitrogens with one attached hydrogen (secondary N) is 1. The molecule has 5 nitrogen and oxygen atoms in total. The largest absolute Gasteiger partial charge is 0.573 e. The van der Waals surface area contributed by atoms with Gasteiger partial charge >= 0.3 is 6.36 Å². The molecule has 9 heteroatoms. The third-order valence-corrected chi connectivity index (χ3v) is 5.38. The van der Waals surface area contributed by atoms with Gasteiger partial charge in [-0.3, -0.25) is 4.79 Å². The van der Waals surface area contributed by atoms with Gasteiger partial charge in [-0.25, -0.2) is 4.39 Å². The maximum absolute atomic E-state index is 14.9. The smallest absolute Gasteiger partial charge is 0.508 e. The molecule has 1 aliphatic rings. The van der Waals surface area contributed by atoms with E-state index in [0.29, 0.717) is 19.6 Å². The van der Waals surface area contributed by atoms with Crippen molar-refractivity contribution in [3.63, 3.8) is 0 Å². The van der Waals surface area contributed by atoms with Gasteiger partial charge in [-0.05, 0) is 41.5 Å². The molecule has 0 saturated carbocycles. The Morgan fingerprint density at radius 1 is 1.06 bits per heavy atom. The molecule has 172 valence electrons. The van der Waals surface area contributed by atoms with E-state index in [0.717, 1.165) is 17.7 Å². The molecule has 3 aromatic carbocycles. The third-order valence-electron chi connectivity index (χ3n) is 5.38. The highest BCUT2D eigenvalue weighted by Gasteiger charge is 2.32. The predicted molar refractivity (Wildman–Crippen MR) is 113 cm³/mol. The second-order valence-electron chi connectivity index (χ2n) is 7.59. The summed E-state index contributed by atoms with van der Waals surface area (Å²) in [6.45, 7) is 1.17. The molecule has 1 aliphatic heterocycles. The number of para-hydroxylation sites is 1. The summed E-state index contributed by atoms with van der Waals surface area (Å²) in [5.41, 5.74) is 0.926. The lowest BCUT2D eigenvalue weighted by molar-refractivity contribution is -0.274. The van der Waals surface area contributed by atoms with E-state index in [2.05, 4.69) is 10.1 Å². The average Bonchev–Trinajstić information content (AvgIpc) is 2.78. The van der Waals surface area contributed by atoms with Gasteiger partial charge in [0.15, 0.2) is 0 Å². The molecular formula is C24H20F4N2O3. The number of carbonyl (C=O) groups excluding carboxylic acids is 1. The number of benzene rings is 3. The Kier molecular flexibility index (Phi) is 6.24. The molecule has 1 heterocycles. The molecule has 1 atom stereocenters. The number of nitrogens with zero attached hydrogens (tertiary/aromatic N) is 1. The van der Waals surface area contributed by atoms with Gasteiger partial charge in [-0.15, -0.1) is 13.2 Å². The molecule has 0 spiro atoms. The number of amides is 1. The minimum absolute atomic E-state index is 0.0577. The summed E-state index contributed by atoms with van der Waals surface area (Å²) < 4.78 is 57.1. The van der Waals surface area contributed by atoms with Crippen molar-refractivity contribution < 1.29 is 32.2 Å². The van der Waals surface area contributed by atoms with Gasteiger partial charge in [0, 0.05) is 31.2 Å². The van der Waals surface area contributed by atoms with Gasteiger partial charge in [-0.1, -0.05) is 36.4 Å². The molecule has 0 aromatic heterocycles. The van der Waals surface area contributed by atoms with Crippen LogP contribution in [0.5, 0.6) is 11.5 Å². The fraction of sp³-hybridized carbons (Fsp3) is 0.208. The van der Waals surface area contributed by atoms with Crippen molar-refractivity contribution in [3.8, 4) is 22.6 Å². The Balaban J connectivity index is 1.55. The number of rotatable bonds is 4. The zero-order valence-electron chi connectivity index (χ0n) is 17.3. The molecule has 3 aromatic rings. The Morgan fingerprint density at radius 2 is 1.79 bits per heavy atom. The van der Waals surface area contributed by atoms with Crippen molar-refractivity contribution in [1.82, 2.24) is 10.2 Å². The normalized spacial score (nSPS) is 16.5. The third kappa shape index (κ3) is 5.25. The summed E-state index contributed by atoms with van der Waals surface area (Å²) in [6, 6.07) is 15.5. The molecule has 0 bridgehead atoms. The van der Waals surface area contributed by atoms with Crippen molar-refractivity contribution in [2.24, 2.45) is 0 Å². The maximum Gasteiger partial charge on any atom is 0.573 e. The van der Waals surface area contributed by atoms with Crippen LogP contribution in [-0.2, 0) is 0 Å². The predicted octanol–water partition coefficient (Wildman–Crippen LogP) is 4.88. The number of phenols is 1. The first-order valence-electron chi connectivity index (χ1n) is 10.2. The molecule has 0 radical (unpaired) electrons. The van der Waals surface area contributed by atoms with Crippen molar-refractivity contribution in [1.29, 1.82) is 0 Å². The van der Waals surface area contributed by atoms with Gasteiger partial charge in [0.2, 0.25) is 0 Å². The van der Waals surface area contributed by atoms with Gasteiger partial charge in [0.05, 0.1) is 5.56 Å². The van der Waals surface area contributed by atoms with Crippen LogP contribution in [0.15, 0.2) is 66.7 Å². The maximum atomic E-state index is 14.9. The molecule has 1 fully saturated rings. The number of alkyl halides is 3. The summed E-state index contributed by atoms with van der Waals surface area (Å²) in [7, 11) is 0. The van der Waals surface area contributed by atoms with E-state index in [1.807, 2.05) is 0 Å². The number of phenolic OH excluding ortho intramolecular Hbond substituents is 1. The number of hydrogen-bond donors (Lipinski definition) is 2. The number of aromatic hydroxyl groups is 1. The highest BCUT2D eigenvalue weighted by atomic mass is 19.4. The van der Waals surface area contributed by atoms with Crippen LogP contribution in [0, 0.1) is 5.82 Å². The minimum atomic E-state index is -4.89. The topological polar surface area (TPSA) is 61.8 Å². The quantitative estimate of drug-likeness (QED) is 0.545. The second kappa shape index (κ2) is 9.11. The standard InChI is InChI=1S/C24H20F4N2O3/c25-20-13-16(18-3-1-2-4-22(18)33-24(26,27)28)7-10-19(20)23(32)30-12-11-29-21(14-30)15-5-8-17(31)9-6-15/h1-10,13,21,29,31H,11-12,14H2. The number of ether oxygens (including phenoxy) is 1. The van der Waals surface area contributed by atoms with Gasteiger partial charge < -0.3 is 20.1 Å². The lowest BCUT2D eigenvalue weighted by atomic mass is 10.0. The first kappa shape index (κ1) is 22.6. The first-order valence-corrected chi connectivity index (χ1v) is 10.2. The summed E-state index contributed by atoms with van der Waals surface area (Å²) in [4.78, 5) is 14.5. The lowest BCUT2D eigenvalue weighted by Gasteiger charge is -2.34. The molecule has 2 N–H and O–H groups in total. The molecule has 4 rings (SSSR count). The number of piperazine rings is 1. The fourth-order valence-corrected chi connectivity index (χ4v) is 3.81. The van der Waals surface area contributed by atoms with Crippen LogP contribution in [0.25, 0.3) is 11.1 Å². The van der Waals surface area contributed by atoms with E-state index < -0.39 is 23.8 Å². The Bertz CT molecular complexity index is 1150. The zero-order chi connectivity index (χ0) is 23.6. The Hall–Kier alpha value is -3.59. The highest BCUT2D eigenvalue weighted by Crippen LogP contribution is 2.34. The van der Waals surface area contributed by atoms with Crippen molar-refractivity contribution in [3.05, 3.63) is 83.7 Å². The SMILES string of the molecule is O=C(c1ccc(-c2ccccc2OC(F)(F)F)cc1F)N1CCNC(c2ccc(O)cc2)C1. The van der Waals surface area contributed by atoms with E-state index in [-0.39, 0.29) is 28.5 Å². The molecule has 33 heavy (non-hydrogen) atoms. The van der Waals surface area contributed by atoms with Crippen molar-refractivity contribution >= 4 is 5.91 Å². The summed E-state index contributed by atoms with van der Waals surface area (Å²) in [6.07, 6.45) is -4.89. The molecular weight excluding hydrogens is 440 g/mol. The monoisotopic (exact) mass is 460 g/mol. The van der Waals surface area contributed by atoms with Crippen LogP contribution in [0.1, 0.15) is 22.0 Å². The van der Waals surface area contributed by atoms with E-state index in [1.165, 1.54) is 35.2 Å². The van der Waals surface area contributed by atoms with E-state index in [9.17, 15) is 27.5 Å². The van der Waals surface area contributed by atoms with Gasteiger partial charge in [-0.2, -0.15) is 0 Å². The molecule has 1 amide bonds. The zero-order valence-corrected chi connectivity index (χ0v) is 17.3. The lowest BCUT2D eigenvalue weighted by Crippen LogP contribution is -2.48. The van der Waals surface area contributed by atoms with E-state index >= 15 is 0 Å². The van der Waals surface area contributed by atoms with Crippen LogP contribution in [0.3, 0.4) is 0 Å². The van der Waals surface area contributed by atoms with Gasteiger partial charge in [0.25, 0.3) is 5.91 Å².